The maximum absolute atomic E-state index is 5.71. The summed E-state index contributed by atoms with van der Waals surface area (Å²) in [6.45, 7) is 2.07. The molecule has 148 valence electrons. The van der Waals surface area contributed by atoms with Crippen LogP contribution in [0.15, 0.2) is 87.0 Å². The van der Waals surface area contributed by atoms with Gasteiger partial charge in [0, 0.05) is 11.3 Å². The van der Waals surface area contributed by atoms with E-state index in [1.165, 1.54) is 11.8 Å². The summed E-state index contributed by atoms with van der Waals surface area (Å²) in [7, 11) is 0. The lowest BCUT2D eigenvalue weighted by molar-refractivity contribution is 0.494. The van der Waals surface area contributed by atoms with Gasteiger partial charge in [-0.15, -0.1) is 20.4 Å². The van der Waals surface area contributed by atoms with Crippen LogP contribution in [0.5, 0.6) is 0 Å². The van der Waals surface area contributed by atoms with E-state index in [1.807, 2.05) is 36.4 Å². The van der Waals surface area contributed by atoms with Gasteiger partial charge in [0.15, 0.2) is 16.7 Å². The molecule has 0 aliphatic rings. The fourth-order valence-electron chi connectivity index (χ4n) is 3.08. The number of aromatic nitrogens is 5. The van der Waals surface area contributed by atoms with Gasteiger partial charge >= 0.3 is 0 Å². The molecule has 0 bridgehead atoms. The molecule has 0 N–H and O–H groups in total. The lowest BCUT2D eigenvalue weighted by Crippen LogP contribution is -2.00. The first-order valence-electron chi connectivity index (χ1n) is 9.35. The smallest absolute Gasteiger partial charge is 0.283 e. The summed E-state index contributed by atoms with van der Waals surface area (Å²) in [6, 6.07) is 21.8. The molecule has 0 fully saturated rings. The number of aryl methyl sites for hydroxylation is 1. The average molecular weight is 415 g/mol. The molecule has 0 aliphatic carbocycles. The first-order valence-corrected chi connectivity index (χ1v) is 10.3. The van der Waals surface area contributed by atoms with E-state index in [9.17, 15) is 0 Å². The SMILES string of the molecule is Cc1cccc(-n2c(SCc3nnc(-c4ccco4)o3)nnc2-c2ccccc2)c1. The van der Waals surface area contributed by atoms with Crippen molar-refractivity contribution in [1.29, 1.82) is 0 Å². The van der Waals surface area contributed by atoms with E-state index in [4.69, 9.17) is 8.83 Å². The van der Waals surface area contributed by atoms with Crippen LogP contribution < -0.4 is 0 Å². The molecule has 0 aliphatic heterocycles. The third kappa shape index (κ3) is 3.65. The van der Waals surface area contributed by atoms with Crippen LogP contribution in [-0.4, -0.2) is 25.0 Å². The third-order valence-electron chi connectivity index (χ3n) is 4.45. The highest BCUT2D eigenvalue weighted by Crippen LogP contribution is 2.30. The van der Waals surface area contributed by atoms with Gasteiger partial charge in [0.2, 0.25) is 5.89 Å². The molecule has 5 aromatic rings. The quantitative estimate of drug-likeness (QED) is 0.353. The maximum atomic E-state index is 5.71. The van der Waals surface area contributed by atoms with Crippen molar-refractivity contribution in [2.75, 3.05) is 0 Å². The molecule has 0 radical (unpaired) electrons. The van der Waals surface area contributed by atoms with E-state index in [0.29, 0.717) is 23.3 Å². The van der Waals surface area contributed by atoms with E-state index in [-0.39, 0.29) is 0 Å². The van der Waals surface area contributed by atoms with Crippen molar-refractivity contribution in [2.24, 2.45) is 0 Å². The minimum Gasteiger partial charge on any atom is -0.459 e. The third-order valence-corrected chi connectivity index (χ3v) is 5.36. The highest BCUT2D eigenvalue weighted by atomic mass is 32.2. The van der Waals surface area contributed by atoms with Crippen LogP contribution in [0, 0.1) is 6.92 Å². The number of furan rings is 1. The molecular weight excluding hydrogens is 398 g/mol. The second-order valence-corrected chi connectivity index (χ2v) is 7.56. The van der Waals surface area contributed by atoms with Crippen LogP contribution in [0.3, 0.4) is 0 Å². The van der Waals surface area contributed by atoms with Crippen LogP contribution in [0.2, 0.25) is 0 Å². The highest BCUT2D eigenvalue weighted by Gasteiger charge is 2.18. The Labute approximate surface area is 176 Å². The van der Waals surface area contributed by atoms with Crippen molar-refractivity contribution in [1.82, 2.24) is 25.0 Å². The first kappa shape index (κ1) is 18.4. The Hall–Kier alpha value is -3.65. The maximum Gasteiger partial charge on any atom is 0.283 e. The molecule has 8 heteroatoms. The zero-order chi connectivity index (χ0) is 20.3. The van der Waals surface area contributed by atoms with E-state index in [2.05, 4.69) is 50.1 Å². The molecular formula is C22H17N5O2S. The van der Waals surface area contributed by atoms with Gasteiger partial charge in [-0.25, -0.2) is 0 Å². The Morgan fingerprint density at radius 2 is 1.80 bits per heavy atom. The Balaban J connectivity index is 1.47. The topological polar surface area (TPSA) is 82.8 Å². The lowest BCUT2D eigenvalue weighted by Gasteiger charge is -2.10. The zero-order valence-corrected chi connectivity index (χ0v) is 16.9. The molecule has 0 unspecified atom stereocenters. The lowest BCUT2D eigenvalue weighted by atomic mass is 10.2. The number of nitrogens with zero attached hydrogens (tertiary/aromatic N) is 5. The average Bonchev–Trinajstić information content (AvgIpc) is 3.53. The van der Waals surface area contributed by atoms with Gasteiger partial charge in [-0.05, 0) is 36.8 Å². The standard InChI is InChI=1S/C22H17N5O2S/c1-15-7-5-10-17(13-15)27-20(16-8-3-2-4-9-16)24-26-22(27)30-14-19-23-25-21(29-19)18-11-6-12-28-18/h2-13H,14H2,1H3. The summed E-state index contributed by atoms with van der Waals surface area (Å²) in [5.74, 6) is 2.65. The molecule has 30 heavy (non-hydrogen) atoms. The van der Waals surface area contributed by atoms with Crippen molar-refractivity contribution in [2.45, 2.75) is 17.8 Å². The number of benzene rings is 2. The predicted octanol–water partition coefficient (Wildman–Crippen LogP) is 5.18. The Morgan fingerprint density at radius 3 is 2.60 bits per heavy atom. The van der Waals surface area contributed by atoms with Gasteiger partial charge in [-0.2, -0.15) is 0 Å². The fraction of sp³-hybridized carbons (Fsp3) is 0.0909. The molecule has 3 aromatic heterocycles. The van der Waals surface area contributed by atoms with Gasteiger partial charge in [0.1, 0.15) is 0 Å². The summed E-state index contributed by atoms with van der Waals surface area (Å²) in [6.07, 6.45) is 1.57. The van der Waals surface area contributed by atoms with Crippen molar-refractivity contribution < 1.29 is 8.83 Å². The molecule has 0 amide bonds. The first-order chi connectivity index (χ1) is 14.8. The highest BCUT2D eigenvalue weighted by molar-refractivity contribution is 7.98. The molecule has 0 saturated heterocycles. The second-order valence-electron chi connectivity index (χ2n) is 6.61. The molecule has 0 saturated carbocycles. The molecule has 5 rings (SSSR count). The number of hydrogen-bond acceptors (Lipinski definition) is 7. The van der Waals surface area contributed by atoms with Crippen molar-refractivity contribution in [3.05, 3.63) is 84.4 Å². The van der Waals surface area contributed by atoms with E-state index in [1.54, 1.807) is 18.4 Å². The molecule has 0 atom stereocenters. The number of thioether (sulfide) groups is 1. The second kappa shape index (κ2) is 8.00. The van der Waals surface area contributed by atoms with E-state index >= 15 is 0 Å². The zero-order valence-electron chi connectivity index (χ0n) is 16.1. The molecule has 0 spiro atoms. The van der Waals surface area contributed by atoms with Gasteiger partial charge in [0.05, 0.1) is 12.0 Å². The molecule has 7 nitrogen and oxygen atoms in total. The van der Waals surface area contributed by atoms with Crippen LogP contribution in [0.1, 0.15) is 11.5 Å². The minimum atomic E-state index is 0.362. The number of hydrogen-bond donors (Lipinski definition) is 0. The Morgan fingerprint density at radius 1 is 0.900 bits per heavy atom. The van der Waals surface area contributed by atoms with Crippen LogP contribution >= 0.6 is 11.8 Å². The fourth-order valence-corrected chi connectivity index (χ4v) is 3.86. The van der Waals surface area contributed by atoms with Gasteiger partial charge in [0.25, 0.3) is 5.89 Å². The number of rotatable bonds is 6. The monoisotopic (exact) mass is 415 g/mol. The van der Waals surface area contributed by atoms with Gasteiger partial charge in [-0.1, -0.05) is 54.2 Å². The minimum absolute atomic E-state index is 0.362. The van der Waals surface area contributed by atoms with E-state index < -0.39 is 0 Å². The van der Waals surface area contributed by atoms with Crippen LogP contribution in [-0.2, 0) is 5.75 Å². The summed E-state index contributed by atoms with van der Waals surface area (Å²) in [5, 5.41) is 17.8. The summed E-state index contributed by atoms with van der Waals surface area (Å²) >= 11 is 1.49. The van der Waals surface area contributed by atoms with Crippen molar-refractivity contribution in [3.63, 3.8) is 0 Å². The Kier molecular flexibility index (Phi) is 4.90. The van der Waals surface area contributed by atoms with Crippen LogP contribution in [0.25, 0.3) is 28.7 Å². The molecule has 3 heterocycles. The summed E-state index contributed by atoms with van der Waals surface area (Å²) in [4.78, 5) is 0. The van der Waals surface area contributed by atoms with E-state index in [0.717, 1.165) is 27.8 Å². The van der Waals surface area contributed by atoms with Crippen molar-refractivity contribution >= 4 is 11.8 Å². The summed E-state index contributed by atoms with van der Waals surface area (Å²) < 4.78 is 13.1. The van der Waals surface area contributed by atoms with Crippen molar-refractivity contribution in [3.8, 4) is 28.7 Å². The normalized spacial score (nSPS) is 11.1. The Bertz CT molecular complexity index is 1260. The summed E-state index contributed by atoms with van der Waals surface area (Å²) in [5.41, 5.74) is 3.16. The largest absolute Gasteiger partial charge is 0.459 e. The van der Waals surface area contributed by atoms with Crippen LogP contribution in [0.4, 0.5) is 0 Å². The molecule has 2 aromatic carbocycles. The van der Waals surface area contributed by atoms with Gasteiger partial charge < -0.3 is 8.83 Å². The van der Waals surface area contributed by atoms with Gasteiger partial charge in [-0.3, -0.25) is 4.57 Å². The predicted molar refractivity (Wildman–Crippen MR) is 113 cm³/mol.